The molecule has 1 aromatic carbocycles. The lowest BCUT2D eigenvalue weighted by molar-refractivity contribution is -0.0505. The summed E-state index contributed by atoms with van der Waals surface area (Å²) >= 11 is 6.04. The van der Waals surface area contributed by atoms with Crippen molar-refractivity contribution in [2.45, 2.75) is 31.4 Å². The molecule has 3 heterocycles. The molecule has 10 heteroatoms. The molecule has 1 aliphatic rings. The Morgan fingerprint density at radius 1 is 1.41 bits per heavy atom. The minimum atomic E-state index is -0.966. The first-order valence-corrected chi connectivity index (χ1v) is 8.78. The zero-order chi connectivity index (χ0) is 19.1. The largest absolute Gasteiger partial charge is 0.394 e. The summed E-state index contributed by atoms with van der Waals surface area (Å²) in [6.45, 7) is -0.0109. The molecule has 27 heavy (non-hydrogen) atoms. The Balaban J connectivity index is 1.86. The number of aliphatic hydroxyl groups excluding tert-OH is 2. The van der Waals surface area contributed by atoms with E-state index in [9.17, 15) is 15.0 Å². The number of rotatable bonds is 4. The molecule has 2 aromatic heterocycles. The van der Waals surface area contributed by atoms with Gasteiger partial charge in [0.2, 0.25) is 5.95 Å². The van der Waals surface area contributed by atoms with E-state index in [0.29, 0.717) is 10.5 Å². The van der Waals surface area contributed by atoms with E-state index >= 15 is 0 Å². The van der Waals surface area contributed by atoms with Crippen LogP contribution in [0.4, 0.5) is 5.95 Å². The van der Waals surface area contributed by atoms with Crippen molar-refractivity contribution in [2.75, 3.05) is 12.3 Å². The molecule has 0 saturated carbocycles. The third kappa shape index (κ3) is 3.19. The molecule has 3 atom stereocenters. The van der Waals surface area contributed by atoms with Gasteiger partial charge in [-0.15, -0.1) is 0 Å². The molecule has 4 N–H and O–H groups in total. The maximum absolute atomic E-state index is 13.1. The summed E-state index contributed by atoms with van der Waals surface area (Å²) in [6.07, 6.45) is -0.796. The smallest absolute Gasteiger partial charge is 0.332 e. The Bertz CT molecular complexity index is 1050. The summed E-state index contributed by atoms with van der Waals surface area (Å²) in [5.74, 6) is 0.00218. The molecule has 0 unspecified atom stereocenters. The molecule has 1 aliphatic heterocycles. The van der Waals surface area contributed by atoms with Crippen LogP contribution >= 0.6 is 11.6 Å². The van der Waals surface area contributed by atoms with Crippen LogP contribution in [0.15, 0.2) is 35.3 Å². The van der Waals surface area contributed by atoms with Gasteiger partial charge in [-0.05, 0) is 17.7 Å². The van der Waals surface area contributed by atoms with Gasteiger partial charge >= 0.3 is 5.69 Å². The fraction of sp³-hybridized carbons (Fsp3) is 0.353. The Morgan fingerprint density at radius 3 is 2.93 bits per heavy atom. The summed E-state index contributed by atoms with van der Waals surface area (Å²) in [6, 6.07) is 7.16. The van der Waals surface area contributed by atoms with Gasteiger partial charge in [0.15, 0.2) is 11.9 Å². The maximum Gasteiger partial charge on any atom is 0.332 e. The number of nitrogen functional groups attached to an aromatic ring is 1. The number of nitrogens with zero attached hydrogens (tertiary/aromatic N) is 4. The fourth-order valence-corrected chi connectivity index (χ4v) is 3.56. The topological polar surface area (TPSA) is 128 Å². The second-order valence-corrected chi connectivity index (χ2v) is 6.88. The van der Waals surface area contributed by atoms with E-state index in [1.165, 1.54) is 15.3 Å². The highest BCUT2D eigenvalue weighted by molar-refractivity contribution is 6.30. The average Bonchev–Trinajstić information content (AvgIpc) is 3.12. The first-order chi connectivity index (χ1) is 13.0. The monoisotopic (exact) mass is 391 g/mol. The van der Waals surface area contributed by atoms with Crippen LogP contribution in [-0.4, -0.2) is 48.1 Å². The maximum atomic E-state index is 13.1. The number of hydrogen-bond acceptors (Lipinski definition) is 7. The molecule has 1 saturated heterocycles. The van der Waals surface area contributed by atoms with Crippen molar-refractivity contribution < 1.29 is 14.9 Å². The van der Waals surface area contributed by atoms with E-state index in [0.717, 1.165) is 5.56 Å². The summed E-state index contributed by atoms with van der Waals surface area (Å²) in [4.78, 5) is 21.3. The van der Waals surface area contributed by atoms with Gasteiger partial charge < -0.3 is 20.7 Å². The molecule has 9 nitrogen and oxygen atoms in total. The second-order valence-electron chi connectivity index (χ2n) is 6.44. The molecular weight excluding hydrogens is 374 g/mol. The fourth-order valence-electron chi connectivity index (χ4n) is 3.35. The number of hydrogen-bond donors (Lipinski definition) is 3. The molecule has 0 radical (unpaired) electrons. The van der Waals surface area contributed by atoms with E-state index < -0.39 is 24.1 Å². The van der Waals surface area contributed by atoms with E-state index in [1.807, 2.05) is 6.07 Å². The quantitative estimate of drug-likeness (QED) is 0.591. The molecule has 0 amide bonds. The number of halogens is 1. The highest BCUT2D eigenvalue weighted by atomic mass is 35.5. The van der Waals surface area contributed by atoms with Crippen molar-refractivity contribution in [3.05, 3.63) is 51.5 Å². The first-order valence-electron chi connectivity index (χ1n) is 8.40. The Labute approximate surface area is 158 Å². The SMILES string of the molecule is Nc1ncc2c(n1)n([C@@H]1O[C@H](CO)C[C@H]1O)c(=O)n2Cc1cccc(Cl)c1. The van der Waals surface area contributed by atoms with Crippen LogP contribution in [-0.2, 0) is 11.3 Å². The van der Waals surface area contributed by atoms with Gasteiger partial charge in [-0.2, -0.15) is 4.98 Å². The number of anilines is 1. The normalized spacial score (nSPS) is 22.6. The summed E-state index contributed by atoms with van der Waals surface area (Å²) in [5.41, 5.74) is 6.82. The standard InChI is InChI=1S/C17H18ClN5O4/c18-10-3-1-2-9(4-10)7-22-12-6-20-16(19)21-14(12)23(17(22)26)15-13(25)5-11(8-24)27-15/h1-4,6,11,13,15,24-25H,5,7-8H2,(H2,19,20,21)/t11-,13+,15+/m0/s1. The predicted molar refractivity (Wildman–Crippen MR) is 98.4 cm³/mol. The minimum Gasteiger partial charge on any atom is -0.394 e. The zero-order valence-corrected chi connectivity index (χ0v) is 15.0. The minimum absolute atomic E-state index is 0.00218. The Morgan fingerprint density at radius 2 is 2.22 bits per heavy atom. The number of imidazole rings is 1. The van der Waals surface area contributed by atoms with Crippen LogP contribution in [0.1, 0.15) is 18.2 Å². The van der Waals surface area contributed by atoms with Crippen molar-refractivity contribution in [3.63, 3.8) is 0 Å². The number of fused-ring (bicyclic) bond motifs is 1. The average molecular weight is 392 g/mol. The molecule has 4 rings (SSSR count). The summed E-state index contributed by atoms with van der Waals surface area (Å²) < 4.78 is 8.38. The Hall–Kier alpha value is -2.46. The van der Waals surface area contributed by atoms with Crippen molar-refractivity contribution in [3.8, 4) is 0 Å². The second kappa shape index (κ2) is 6.93. The van der Waals surface area contributed by atoms with E-state index in [-0.39, 0.29) is 31.2 Å². The highest BCUT2D eigenvalue weighted by Crippen LogP contribution is 2.30. The van der Waals surface area contributed by atoms with E-state index in [2.05, 4.69) is 9.97 Å². The number of nitrogens with two attached hydrogens (primary N) is 1. The van der Waals surface area contributed by atoms with Crippen LogP contribution in [0, 0.1) is 0 Å². The van der Waals surface area contributed by atoms with E-state index in [1.54, 1.807) is 18.2 Å². The zero-order valence-electron chi connectivity index (χ0n) is 14.2. The van der Waals surface area contributed by atoms with Crippen LogP contribution in [0.2, 0.25) is 5.02 Å². The molecule has 142 valence electrons. The van der Waals surface area contributed by atoms with Gasteiger partial charge in [0.25, 0.3) is 0 Å². The molecule has 0 aliphatic carbocycles. The lowest BCUT2D eigenvalue weighted by Gasteiger charge is -2.15. The number of ether oxygens (including phenoxy) is 1. The molecule has 0 bridgehead atoms. The van der Waals surface area contributed by atoms with Crippen molar-refractivity contribution in [2.24, 2.45) is 0 Å². The van der Waals surface area contributed by atoms with Crippen molar-refractivity contribution >= 4 is 28.7 Å². The number of benzene rings is 1. The lowest BCUT2D eigenvalue weighted by atomic mass is 10.2. The third-order valence-electron chi connectivity index (χ3n) is 4.58. The highest BCUT2D eigenvalue weighted by Gasteiger charge is 2.37. The third-order valence-corrected chi connectivity index (χ3v) is 4.81. The van der Waals surface area contributed by atoms with Crippen molar-refractivity contribution in [1.29, 1.82) is 0 Å². The van der Waals surface area contributed by atoms with Gasteiger partial charge in [0.05, 0.1) is 25.5 Å². The van der Waals surface area contributed by atoms with Crippen LogP contribution in [0.5, 0.6) is 0 Å². The number of aliphatic hydroxyl groups is 2. The molecule has 3 aromatic rings. The van der Waals surface area contributed by atoms with Gasteiger partial charge in [0, 0.05) is 11.4 Å². The first kappa shape index (κ1) is 17.9. The van der Waals surface area contributed by atoms with Crippen LogP contribution < -0.4 is 11.4 Å². The Kier molecular flexibility index (Phi) is 4.60. The lowest BCUT2D eigenvalue weighted by Crippen LogP contribution is -2.32. The van der Waals surface area contributed by atoms with Gasteiger partial charge in [-0.3, -0.25) is 4.57 Å². The molecule has 1 fully saturated rings. The van der Waals surface area contributed by atoms with Crippen molar-refractivity contribution in [1.82, 2.24) is 19.1 Å². The van der Waals surface area contributed by atoms with Crippen LogP contribution in [0.25, 0.3) is 11.2 Å². The summed E-state index contributed by atoms with van der Waals surface area (Å²) in [5, 5.41) is 20.2. The predicted octanol–water partition coefficient (Wildman–Crippen LogP) is 0.518. The van der Waals surface area contributed by atoms with Gasteiger partial charge in [0.1, 0.15) is 11.6 Å². The number of aromatic nitrogens is 4. The molecular formula is C17H18ClN5O4. The van der Waals surface area contributed by atoms with Crippen LogP contribution in [0.3, 0.4) is 0 Å². The molecule has 0 spiro atoms. The van der Waals surface area contributed by atoms with Gasteiger partial charge in [-0.25, -0.2) is 14.3 Å². The van der Waals surface area contributed by atoms with Gasteiger partial charge in [-0.1, -0.05) is 23.7 Å². The summed E-state index contributed by atoms with van der Waals surface area (Å²) in [7, 11) is 0. The van der Waals surface area contributed by atoms with E-state index in [4.69, 9.17) is 22.1 Å².